The summed E-state index contributed by atoms with van der Waals surface area (Å²) in [7, 11) is 0. The van der Waals surface area contributed by atoms with Crippen LogP contribution in [0.5, 0.6) is 5.75 Å². The number of allylic oxidation sites excluding steroid dienone is 1. The fourth-order valence-electron chi connectivity index (χ4n) is 3.08. The zero-order valence-corrected chi connectivity index (χ0v) is 15.8. The van der Waals surface area contributed by atoms with Crippen LogP contribution in [0.3, 0.4) is 0 Å². The molecule has 1 fully saturated rings. The van der Waals surface area contributed by atoms with Gasteiger partial charge in [-0.25, -0.2) is 4.79 Å². The summed E-state index contributed by atoms with van der Waals surface area (Å²) in [6, 6.07) is 6.02. The monoisotopic (exact) mass is 408 g/mol. The predicted molar refractivity (Wildman–Crippen MR) is 101 cm³/mol. The zero-order valence-electron chi connectivity index (χ0n) is 15.8. The first kappa shape index (κ1) is 21.4. The van der Waals surface area contributed by atoms with Crippen molar-refractivity contribution in [3.8, 4) is 5.75 Å². The quantitative estimate of drug-likeness (QED) is 0.323. The second kappa shape index (κ2) is 9.04. The van der Waals surface area contributed by atoms with Crippen molar-refractivity contribution in [2.75, 3.05) is 13.2 Å². The molecule has 1 aliphatic heterocycles. The first-order valence-electron chi connectivity index (χ1n) is 9.13. The molecule has 9 heteroatoms. The van der Waals surface area contributed by atoms with Crippen molar-refractivity contribution in [1.82, 2.24) is 0 Å². The Balaban J connectivity index is 1.63. The average molecular weight is 408 g/mol. The Morgan fingerprint density at radius 3 is 2.66 bits per heavy atom. The van der Waals surface area contributed by atoms with E-state index in [-0.39, 0.29) is 12.4 Å². The van der Waals surface area contributed by atoms with Crippen molar-refractivity contribution >= 4 is 11.0 Å². The Kier molecular flexibility index (Phi) is 6.68. The average Bonchev–Trinajstić information content (AvgIpc) is 2.70. The SMILES string of the molecule is C/C(=C/Cc1cc2ccc(=O)oc2cc1O)CO[C@@H]1O[C@H](CO)[C@@H](O)[C@H](O)[C@H]1O. The lowest BCUT2D eigenvalue weighted by Crippen LogP contribution is -2.59. The lowest BCUT2D eigenvalue weighted by atomic mass is 9.99. The Labute approximate surface area is 166 Å². The van der Waals surface area contributed by atoms with Gasteiger partial charge in [-0.1, -0.05) is 11.6 Å². The highest BCUT2D eigenvalue weighted by atomic mass is 16.7. The number of benzene rings is 1. The molecule has 0 bridgehead atoms. The van der Waals surface area contributed by atoms with Gasteiger partial charge in [-0.3, -0.25) is 0 Å². The summed E-state index contributed by atoms with van der Waals surface area (Å²) in [5, 5.41) is 49.5. The smallest absolute Gasteiger partial charge is 0.336 e. The van der Waals surface area contributed by atoms with Gasteiger partial charge >= 0.3 is 5.63 Å². The number of rotatable bonds is 6. The van der Waals surface area contributed by atoms with E-state index < -0.39 is 42.9 Å². The standard InChI is InChI=1S/C20H24O9/c1-10(9-27-20-19(26)18(25)17(24)15(8-21)29-20)2-3-11-6-12-4-5-16(23)28-14(12)7-13(11)22/h2,4-7,15,17-22,24-26H,3,8-9H2,1H3/b10-2-/t15-,17-,18+,19-,20-/m1/s1. The molecule has 0 saturated carbocycles. The molecular weight excluding hydrogens is 384 g/mol. The van der Waals surface area contributed by atoms with E-state index in [2.05, 4.69) is 0 Å². The van der Waals surface area contributed by atoms with Gasteiger partial charge < -0.3 is 39.4 Å². The molecule has 0 radical (unpaired) electrons. The number of hydrogen-bond donors (Lipinski definition) is 5. The van der Waals surface area contributed by atoms with Gasteiger partial charge in [-0.2, -0.15) is 0 Å². The predicted octanol–water partition coefficient (Wildman–Crippen LogP) is -0.196. The minimum atomic E-state index is -1.50. The van der Waals surface area contributed by atoms with Crippen LogP contribution in [0.25, 0.3) is 11.0 Å². The third-order valence-electron chi connectivity index (χ3n) is 4.81. The summed E-state index contributed by atoms with van der Waals surface area (Å²) in [5.74, 6) is -0.00856. The maximum Gasteiger partial charge on any atom is 0.336 e. The van der Waals surface area contributed by atoms with Crippen LogP contribution in [0, 0.1) is 0 Å². The number of aromatic hydroxyl groups is 1. The Morgan fingerprint density at radius 1 is 1.17 bits per heavy atom. The normalized spacial score (nSPS) is 28.0. The molecule has 1 aromatic carbocycles. The maximum absolute atomic E-state index is 11.3. The first-order chi connectivity index (χ1) is 13.8. The molecule has 2 aromatic rings. The molecule has 9 nitrogen and oxygen atoms in total. The number of aliphatic hydroxyl groups excluding tert-OH is 4. The van der Waals surface area contributed by atoms with Crippen LogP contribution in [0.2, 0.25) is 0 Å². The molecule has 0 unspecified atom stereocenters. The summed E-state index contributed by atoms with van der Waals surface area (Å²) in [6.45, 7) is 1.31. The van der Waals surface area contributed by atoms with E-state index in [0.29, 0.717) is 23.0 Å². The number of fused-ring (bicyclic) bond motifs is 1. The van der Waals surface area contributed by atoms with Gasteiger partial charge in [0.25, 0.3) is 0 Å². The maximum atomic E-state index is 11.3. The van der Waals surface area contributed by atoms with E-state index in [9.17, 15) is 30.3 Å². The number of aliphatic hydroxyl groups is 4. The third-order valence-corrected chi connectivity index (χ3v) is 4.81. The van der Waals surface area contributed by atoms with Gasteiger partial charge in [0, 0.05) is 17.5 Å². The summed E-state index contributed by atoms with van der Waals surface area (Å²) >= 11 is 0. The summed E-state index contributed by atoms with van der Waals surface area (Å²) < 4.78 is 15.8. The Morgan fingerprint density at radius 2 is 1.93 bits per heavy atom. The summed E-state index contributed by atoms with van der Waals surface area (Å²) in [4.78, 5) is 11.3. The molecule has 0 amide bonds. The molecule has 158 valence electrons. The molecule has 5 N–H and O–H groups in total. The van der Waals surface area contributed by atoms with Gasteiger partial charge in [-0.05, 0) is 31.0 Å². The largest absolute Gasteiger partial charge is 0.508 e. The van der Waals surface area contributed by atoms with Crippen molar-refractivity contribution in [3.05, 3.63) is 51.9 Å². The molecule has 2 heterocycles. The zero-order chi connectivity index (χ0) is 21.1. The highest BCUT2D eigenvalue weighted by molar-refractivity contribution is 5.79. The summed E-state index contributed by atoms with van der Waals surface area (Å²) in [6.07, 6.45) is -4.44. The molecule has 1 aromatic heterocycles. The number of ether oxygens (including phenoxy) is 2. The van der Waals surface area contributed by atoms with Crippen molar-refractivity contribution in [1.29, 1.82) is 0 Å². The van der Waals surface area contributed by atoms with E-state index in [1.165, 1.54) is 12.1 Å². The highest BCUT2D eigenvalue weighted by Crippen LogP contribution is 2.26. The van der Waals surface area contributed by atoms with Crippen molar-refractivity contribution in [2.24, 2.45) is 0 Å². The molecule has 29 heavy (non-hydrogen) atoms. The van der Waals surface area contributed by atoms with Gasteiger partial charge in [-0.15, -0.1) is 0 Å². The highest BCUT2D eigenvalue weighted by Gasteiger charge is 2.43. The van der Waals surface area contributed by atoms with Crippen molar-refractivity contribution in [2.45, 2.75) is 44.1 Å². The Hall–Kier alpha value is -2.27. The lowest BCUT2D eigenvalue weighted by Gasteiger charge is -2.39. The van der Waals surface area contributed by atoms with Gasteiger partial charge in [0.15, 0.2) is 6.29 Å². The van der Waals surface area contributed by atoms with Crippen LogP contribution in [0.15, 0.2) is 45.1 Å². The van der Waals surface area contributed by atoms with Crippen LogP contribution in [-0.4, -0.2) is 69.5 Å². The van der Waals surface area contributed by atoms with Crippen LogP contribution < -0.4 is 5.63 Å². The van der Waals surface area contributed by atoms with E-state index in [1.54, 1.807) is 19.1 Å². The number of phenolic OH excluding ortho intramolecular Hbond substituents is 1. The second-order valence-electron chi connectivity index (χ2n) is 7.04. The minimum Gasteiger partial charge on any atom is -0.508 e. The van der Waals surface area contributed by atoms with Gasteiger partial charge in [0.2, 0.25) is 0 Å². The summed E-state index contributed by atoms with van der Waals surface area (Å²) in [5.41, 5.74) is 1.19. The molecular formula is C20H24O9. The van der Waals surface area contributed by atoms with Gasteiger partial charge in [0.05, 0.1) is 13.2 Å². The molecule has 1 aliphatic rings. The molecule has 0 aliphatic carbocycles. The molecule has 5 atom stereocenters. The number of phenols is 1. The molecule has 1 saturated heterocycles. The lowest BCUT2D eigenvalue weighted by molar-refractivity contribution is -0.299. The fraction of sp³-hybridized carbons (Fsp3) is 0.450. The minimum absolute atomic E-state index is 0.00856. The van der Waals surface area contributed by atoms with E-state index in [0.717, 1.165) is 5.57 Å². The van der Waals surface area contributed by atoms with E-state index >= 15 is 0 Å². The molecule has 0 spiro atoms. The molecule has 3 rings (SSSR count). The van der Waals surface area contributed by atoms with Crippen LogP contribution in [0.4, 0.5) is 0 Å². The van der Waals surface area contributed by atoms with Crippen LogP contribution >= 0.6 is 0 Å². The first-order valence-corrected chi connectivity index (χ1v) is 9.13. The van der Waals surface area contributed by atoms with E-state index in [4.69, 9.17) is 13.9 Å². The Bertz CT molecular complexity index is 933. The number of hydrogen-bond acceptors (Lipinski definition) is 9. The van der Waals surface area contributed by atoms with Crippen molar-refractivity contribution in [3.63, 3.8) is 0 Å². The van der Waals surface area contributed by atoms with Crippen LogP contribution in [-0.2, 0) is 15.9 Å². The topological polar surface area (TPSA) is 150 Å². The van der Waals surface area contributed by atoms with Gasteiger partial charge in [0.1, 0.15) is 35.7 Å². The third kappa shape index (κ3) is 4.84. The fourth-order valence-corrected chi connectivity index (χ4v) is 3.08. The van der Waals surface area contributed by atoms with Crippen LogP contribution in [0.1, 0.15) is 12.5 Å². The second-order valence-corrected chi connectivity index (χ2v) is 7.04. The van der Waals surface area contributed by atoms with E-state index in [1.807, 2.05) is 6.08 Å². The van der Waals surface area contributed by atoms with Crippen molar-refractivity contribution < 1.29 is 39.4 Å².